The Hall–Kier alpha value is -1.48. The fourth-order valence-corrected chi connectivity index (χ4v) is 1.90. The quantitative estimate of drug-likeness (QED) is 0.804. The maximum Gasteiger partial charge on any atom is 0.128 e. The summed E-state index contributed by atoms with van der Waals surface area (Å²) in [6.07, 6.45) is 2.87. The van der Waals surface area contributed by atoms with Gasteiger partial charge in [0.05, 0.1) is 7.11 Å². The summed E-state index contributed by atoms with van der Waals surface area (Å²) in [5.41, 5.74) is 8.13. The molecular formula is C12H16N2O. The van der Waals surface area contributed by atoms with Gasteiger partial charge in [-0.1, -0.05) is 6.07 Å². The first-order valence-electron chi connectivity index (χ1n) is 5.11. The van der Waals surface area contributed by atoms with Gasteiger partial charge in [-0.15, -0.1) is 0 Å². The van der Waals surface area contributed by atoms with Gasteiger partial charge in [-0.3, -0.25) is 0 Å². The van der Waals surface area contributed by atoms with Gasteiger partial charge < -0.3 is 15.5 Å². The van der Waals surface area contributed by atoms with Gasteiger partial charge in [-0.25, -0.2) is 0 Å². The summed E-state index contributed by atoms with van der Waals surface area (Å²) in [6, 6.07) is 6.16. The van der Waals surface area contributed by atoms with Crippen LogP contribution in [0.2, 0.25) is 0 Å². The summed E-state index contributed by atoms with van der Waals surface area (Å²) in [5, 5.41) is 1.15. The molecular weight excluding hydrogens is 188 g/mol. The number of hydrogen-bond donors (Lipinski definition) is 2. The van der Waals surface area contributed by atoms with Crippen molar-refractivity contribution in [3.8, 4) is 5.75 Å². The Kier molecular flexibility index (Phi) is 2.64. The number of hydrogen-bond acceptors (Lipinski definition) is 2. The van der Waals surface area contributed by atoms with E-state index in [2.05, 4.69) is 4.98 Å². The molecule has 0 radical (unpaired) electrons. The molecule has 1 aromatic heterocycles. The number of nitrogens with one attached hydrogen (secondary N) is 1. The van der Waals surface area contributed by atoms with E-state index in [1.807, 2.05) is 31.3 Å². The summed E-state index contributed by atoms with van der Waals surface area (Å²) in [5.74, 6) is 0.907. The molecule has 0 bridgehead atoms. The molecule has 0 saturated heterocycles. The first kappa shape index (κ1) is 10.1. The van der Waals surface area contributed by atoms with Crippen LogP contribution in [0.5, 0.6) is 5.75 Å². The number of fused-ring (bicyclic) bond motifs is 1. The molecule has 3 nitrogen and oxygen atoms in total. The third-order valence-electron chi connectivity index (χ3n) is 2.51. The number of methoxy groups -OCH3 is 1. The van der Waals surface area contributed by atoms with E-state index in [9.17, 15) is 0 Å². The van der Waals surface area contributed by atoms with Crippen molar-refractivity contribution in [1.82, 2.24) is 4.98 Å². The maximum atomic E-state index is 5.81. The average molecular weight is 204 g/mol. The summed E-state index contributed by atoms with van der Waals surface area (Å²) >= 11 is 0. The first-order valence-corrected chi connectivity index (χ1v) is 5.11. The van der Waals surface area contributed by atoms with Crippen LogP contribution < -0.4 is 10.5 Å². The first-order chi connectivity index (χ1) is 7.22. The highest BCUT2D eigenvalue weighted by Crippen LogP contribution is 2.28. The van der Waals surface area contributed by atoms with Crippen LogP contribution in [0.4, 0.5) is 0 Å². The van der Waals surface area contributed by atoms with Crippen LogP contribution in [0.3, 0.4) is 0 Å². The fraction of sp³-hybridized carbons (Fsp3) is 0.333. The normalized spacial score (nSPS) is 13.0. The second-order valence-corrected chi connectivity index (χ2v) is 3.88. The summed E-state index contributed by atoms with van der Waals surface area (Å²) in [4.78, 5) is 3.23. The predicted molar refractivity (Wildman–Crippen MR) is 62.2 cm³/mol. The van der Waals surface area contributed by atoms with E-state index in [4.69, 9.17) is 10.5 Å². The third kappa shape index (κ3) is 1.83. The molecule has 0 spiro atoms. The van der Waals surface area contributed by atoms with Crippen molar-refractivity contribution in [3.63, 3.8) is 0 Å². The van der Waals surface area contributed by atoms with Gasteiger partial charge in [0, 0.05) is 23.1 Å². The minimum atomic E-state index is 0.161. The fourth-order valence-electron chi connectivity index (χ4n) is 1.90. The Morgan fingerprint density at radius 1 is 1.47 bits per heavy atom. The zero-order valence-electron chi connectivity index (χ0n) is 9.08. The second kappa shape index (κ2) is 3.95. The lowest BCUT2D eigenvalue weighted by atomic mass is 10.1. The Morgan fingerprint density at radius 2 is 2.27 bits per heavy atom. The summed E-state index contributed by atoms with van der Waals surface area (Å²) in [6.45, 7) is 2.01. The standard InChI is InChI=1S/C12H16N2O/c1-8(13)6-9-7-14-10-4-3-5-11(15-2)12(9)10/h3-5,7-8,14H,6,13H2,1-2H3/t8-/m1/s1. The Labute approximate surface area is 89.2 Å². The molecule has 0 unspecified atom stereocenters. The summed E-state index contributed by atoms with van der Waals surface area (Å²) in [7, 11) is 1.69. The van der Waals surface area contributed by atoms with Gasteiger partial charge in [-0.05, 0) is 31.0 Å². The van der Waals surface area contributed by atoms with Crippen molar-refractivity contribution >= 4 is 10.9 Å². The number of aromatic amines is 1. The SMILES string of the molecule is COc1cccc2[nH]cc(C[C@@H](C)N)c12. The second-order valence-electron chi connectivity index (χ2n) is 3.88. The van der Waals surface area contributed by atoms with E-state index < -0.39 is 0 Å². The molecule has 0 saturated carbocycles. The Morgan fingerprint density at radius 3 is 2.93 bits per heavy atom. The number of nitrogens with two attached hydrogens (primary N) is 1. The molecule has 0 aliphatic heterocycles. The van der Waals surface area contributed by atoms with Crippen LogP contribution in [0, 0.1) is 0 Å². The van der Waals surface area contributed by atoms with Crippen LogP contribution in [0.15, 0.2) is 24.4 Å². The zero-order chi connectivity index (χ0) is 10.8. The van der Waals surface area contributed by atoms with Crippen LogP contribution in [0.25, 0.3) is 10.9 Å². The van der Waals surface area contributed by atoms with Crippen molar-refractivity contribution in [3.05, 3.63) is 30.0 Å². The van der Waals surface area contributed by atoms with Crippen molar-refractivity contribution < 1.29 is 4.74 Å². The molecule has 15 heavy (non-hydrogen) atoms. The Bertz CT molecular complexity index is 460. The van der Waals surface area contributed by atoms with Gasteiger partial charge in [-0.2, -0.15) is 0 Å². The number of H-pyrrole nitrogens is 1. The van der Waals surface area contributed by atoms with Crippen molar-refractivity contribution in [1.29, 1.82) is 0 Å². The lowest BCUT2D eigenvalue weighted by molar-refractivity contribution is 0.419. The van der Waals surface area contributed by atoms with Gasteiger partial charge in [0.15, 0.2) is 0 Å². The minimum Gasteiger partial charge on any atom is -0.496 e. The molecule has 3 heteroatoms. The highest BCUT2D eigenvalue weighted by Gasteiger charge is 2.09. The van der Waals surface area contributed by atoms with E-state index in [0.29, 0.717) is 0 Å². The molecule has 1 aromatic carbocycles. The summed E-state index contributed by atoms with van der Waals surface area (Å²) < 4.78 is 5.35. The molecule has 1 heterocycles. The predicted octanol–water partition coefficient (Wildman–Crippen LogP) is 2.07. The zero-order valence-corrected chi connectivity index (χ0v) is 9.08. The molecule has 3 N–H and O–H groups in total. The van der Waals surface area contributed by atoms with Gasteiger partial charge in [0.1, 0.15) is 5.75 Å². The van der Waals surface area contributed by atoms with E-state index >= 15 is 0 Å². The van der Waals surface area contributed by atoms with Crippen LogP contribution in [-0.2, 0) is 6.42 Å². The van der Waals surface area contributed by atoms with Crippen LogP contribution in [0.1, 0.15) is 12.5 Å². The lowest BCUT2D eigenvalue weighted by Gasteiger charge is -2.06. The maximum absolute atomic E-state index is 5.81. The van der Waals surface area contributed by atoms with E-state index in [1.165, 1.54) is 5.56 Å². The average Bonchev–Trinajstić information content (AvgIpc) is 2.61. The molecule has 0 aliphatic carbocycles. The smallest absolute Gasteiger partial charge is 0.128 e. The minimum absolute atomic E-state index is 0.161. The number of benzene rings is 1. The van der Waals surface area contributed by atoms with Crippen LogP contribution >= 0.6 is 0 Å². The van der Waals surface area contributed by atoms with E-state index in [-0.39, 0.29) is 6.04 Å². The van der Waals surface area contributed by atoms with Crippen molar-refractivity contribution in [2.24, 2.45) is 5.73 Å². The molecule has 0 fully saturated rings. The van der Waals surface area contributed by atoms with Gasteiger partial charge in [0.25, 0.3) is 0 Å². The molecule has 80 valence electrons. The van der Waals surface area contributed by atoms with Crippen molar-refractivity contribution in [2.45, 2.75) is 19.4 Å². The number of aromatic nitrogens is 1. The molecule has 0 amide bonds. The van der Waals surface area contributed by atoms with Crippen LogP contribution in [-0.4, -0.2) is 18.1 Å². The highest BCUT2D eigenvalue weighted by atomic mass is 16.5. The molecule has 1 atom stereocenters. The highest BCUT2D eigenvalue weighted by molar-refractivity contribution is 5.89. The molecule has 2 aromatic rings. The van der Waals surface area contributed by atoms with Crippen molar-refractivity contribution in [2.75, 3.05) is 7.11 Å². The topological polar surface area (TPSA) is 51.0 Å². The Balaban J connectivity index is 2.55. The van der Waals surface area contributed by atoms with Gasteiger partial charge in [0.2, 0.25) is 0 Å². The molecule has 2 rings (SSSR count). The van der Waals surface area contributed by atoms with Gasteiger partial charge >= 0.3 is 0 Å². The number of rotatable bonds is 3. The van der Waals surface area contributed by atoms with E-state index in [0.717, 1.165) is 23.1 Å². The van der Waals surface area contributed by atoms with E-state index in [1.54, 1.807) is 7.11 Å². The number of ether oxygens (including phenoxy) is 1. The monoisotopic (exact) mass is 204 g/mol. The largest absolute Gasteiger partial charge is 0.496 e. The molecule has 0 aliphatic rings. The lowest BCUT2D eigenvalue weighted by Crippen LogP contribution is -2.17. The third-order valence-corrected chi connectivity index (χ3v) is 2.51.